The van der Waals surface area contributed by atoms with Gasteiger partial charge >= 0.3 is 5.97 Å². The van der Waals surface area contributed by atoms with Crippen molar-refractivity contribution >= 4 is 5.97 Å². The molecule has 0 amide bonds. The Labute approximate surface area is 96.0 Å². The maximum absolute atomic E-state index is 10.9. The molecule has 0 spiro atoms. The molecule has 0 aromatic heterocycles. The average Bonchev–Trinajstić information content (AvgIpc) is 2.26. The van der Waals surface area contributed by atoms with Crippen molar-refractivity contribution in [1.29, 1.82) is 0 Å². The van der Waals surface area contributed by atoms with Crippen molar-refractivity contribution in [2.24, 2.45) is 5.73 Å². The zero-order valence-electron chi connectivity index (χ0n) is 9.94. The number of methoxy groups -OCH3 is 1. The smallest absolute Gasteiger partial charge is 0.322 e. The lowest BCUT2D eigenvalue weighted by Crippen LogP contribution is -2.29. The van der Waals surface area contributed by atoms with Gasteiger partial charge in [-0.3, -0.25) is 4.79 Å². The van der Waals surface area contributed by atoms with Gasteiger partial charge in [0.2, 0.25) is 0 Å². The Morgan fingerprint density at radius 3 is 2.06 bits per heavy atom. The van der Waals surface area contributed by atoms with Gasteiger partial charge < -0.3 is 24.7 Å². The second-order valence-corrected chi connectivity index (χ2v) is 3.17. The zero-order chi connectivity index (χ0) is 12.2. The van der Waals surface area contributed by atoms with Crippen LogP contribution in [0.1, 0.15) is 6.92 Å². The first-order valence-electron chi connectivity index (χ1n) is 5.25. The van der Waals surface area contributed by atoms with Crippen LogP contribution in [-0.4, -0.2) is 58.8 Å². The molecular weight excluding hydrogens is 214 g/mol. The fraction of sp³-hybridized carbons (Fsp3) is 0.900. The Balaban J connectivity index is 3.07. The standard InChI is InChI=1S/C10H21NO5/c1-9(11)10(12)16-8-7-15-6-5-14-4-3-13-2/h9H,3-8,11H2,1-2H3. The summed E-state index contributed by atoms with van der Waals surface area (Å²) < 4.78 is 19.9. The van der Waals surface area contributed by atoms with E-state index in [2.05, 4.69) is 0 Å². The van der Waals surface area contributed by atoms with Crippen molar-refractivity contribution in [3.63, 3.8) is 0 Å². The van der Waals surface area contributed by atoms with E-state index in [0.29, 0.717) is 33.0 Å². The van der Waals surface area contributed by atoms with E-state index in [0.717, 1.165) is 0 Å². The Hall–Kier alpha value is -0.690. The number of hydrogen-bond donors (Lipinski definition) is 1. The first-order valence-corrected chi connectivity index (χ1v) is 5.25. The van der Waals surface area contributed by atoms with Crippen LogP contribution in [0.5, 0.6) is 0 Å². The number of esters is 1. The normalized spacial score (nSPS) is 12.4. The van der Waals surface area contributed by atoms with Gasteiger partial charge in [0, 0.05) is 7.11 Å². The Bertz CT molecular complexity index is 175. The summed E-state index contributed by atoms with van der Waals surface area (Å²) in [5, 5.41) is 0. The van der Waals surface area contributed by atoms with E-state index in [-0.39, 0.29) is 6.61 Å². The number of hydrogen-bond acceptors (Lipinski definition) is 6. The molecule has 0 aliphatic carbocycles. The zero-order valence-corrected chi connectivity index (χ0v) is 9.94. The van der Waals surface area contributed by atoms with Gasteiger partial charge in [-0.05, 0) is 6.92 Å². The van der Waals surface area contributed by atoms with E-state index in [1.54, 1.807) is 14.0 Å². The van der Waals surface area contributed by atoms with E-state index in [1.165, 1.54) is 0 Å². The van der Waals surface area contributed by atoms with Crippen LogP contribution in [0.3, 0.4) is 0 Å². The van der Waals surface area contributed by atoms with Gasteiger partial charge in [-0.1, -0.05) is 0 Å². The Morgan fingerprint density at radius 1 is 1.06 bits per heavy atom. The second kappa shape index (κ2) is 10.8. The molecular formula is C10H21NO5. The summed E-state index contributed by atoms with van der Waals surface area (Å²) in [6, 6.07) is -0.586. The summed E-state index contributed by atoms with van der Waals surface area (Å²) in [6.07, 6.45) is 0. The number of nitrogens with two attached hydrogens (primary N) is 1. The molecule has 0 aromatic rings. The molecule has 0 saturated carbocycles. The van der Waals surface area contributed by atoms with Crippen LogP contribution in [0.25, 0.3) is 0 Å². The van der Waals surface area contributed by atoms with Gasteiger partial charge in [0.25, 0.3) is 0 Å². The topological polar surface area (TPSA) is 80.0 Å². The molecule has 0 aliphatic rings. The van der Waals surface area contributed by atoms with Crippen LogP contribution < -0.4 is 5.73 Å². The minimum Gasteiger partial charge on any atom is -0.462 e. The first-order chi connectivity index (χ1) is 7.68. The highest BCUT2D eigenvalue weighted by molar-refractivity contribution is 5.74. The quantitative estimate of drug-likeness (QED) is 0.408. The molecule has 0 heterocycles. The molecule has 96 valence electrons. The minimum atomic E-state index is -0.586. The average molecular weight is 235 g/mol. The molecule has 0 bridgehead atoms. The van der Waals surface area contributed by atoms with Crippen molar-refractivity contribution in [1.82, 2.24) is 0 Å². The Kier molecular flexibility index (Phi) is 10.3. The van der Waals surface area contributed by atoms with Crippen LogP contribution in [0.15, 0.2) is 0 Å². The van der Waals surface area contributed by atoms with Crippen LogP contribution in [0.2, 0.25) is 0 Å². The third-order valence-corrected chi connectivity index (χ3v) is 1.65. The third-order valence-electron chi connectivity index (χ3n) is 1.65. The van der Waals surface area contributed by atoms with Gasteiger partial charge in [0.15, 0.2) is 0 Å². The van der Waals surface area contributed by atoms with Gasteiger partial charge in [0.1, 0.15) is 12.6 Å². The maximum Gasteiger partial charge on any atom is 0.322 e. The lowest BCUT2D eigenvalue weighted by Gasteiger charge is -2.08. The van der Waals surface area contributed by atoms with Crippen LogP contribution >= 0.6 is 0 Å². The van der Waals surface area contributed by atoms with Gasteiger partial charge in [-0.25, -0.2) is 0 Å². The third kappa shape index (κ3) is 9.85. The summed E-state index contributed by atoms with van der Waals surface area (Å²) in [5.41, 5.74) is 5.30. The van der Waals surface area contributed by atoms with Crippen molar-refractivity contribution in [3.8, 4) is 0 Å². The van der Waals surface area contributed by atoms with E-state index in [1.807, 2.05) is 0 Å². The fourth-order valence-corrected chi connectivity index (χ4v) is 0.797. The lowest BCUT2D eigenvalue weighted by atomic mass is 10.4. The van der Waals surface area contributed by atoms with Gasteiger partial charge in [0.05, 0.1) is 33.0 Å². The SMILES string of the molecule is COCCOCCOCCOC(=O)C(C)N. The van der Waals surface area contributed by atoms with E-state index < -0.39 is 12.0 Å². The monoisotopic (exact) mass is 235 g/mol. The van der Waals surface area contributed by atoms with Crippen molar-refractivity contribution in [2.45, 2.75) is 13.0 Å². The summed E-state index contributed by atoms with van der Waals surface area (Å²) in [6.45, 7) is 4.26. The minimum absolute atomic E-state index is 0.221. The molecule has 16 heavy (non-hydrogen) atoms. The second-order valence-electron chi connectivity index (χ2n) is 3.17. The molecule has 1 unspecified atom stereocenters. The van der Waals surface area contributed by atoms with Crippen LogP contribution in [-0.2, 0) is 23.7 Å². The molecule has 6 nitrogen and oxygen atoms in total. The molecule has 1 atom stereocenters. The highest BCUT2D eigenvalue weighted by atomic mass is 16.6. The predicted molar refractivity (Wildman–Crippen MR) is 58.1 cm³/mol. The van der Waals surface area contributed by atoms with Gasteiger partial charge in [-0.2, -0.15) is 0 Å². The number of rotatable bonds is 10. The number of ether oxygens (including phenoxy) is 4. The fourth-order valence-electron chi connectivity index (χ4n) is 0.797. The van der Waals surface area contributed by atoms with Gasteiger partial charge in [-0.15, -0.1) is 0 Å². The highest BCUT2D eigenvalue weighted by Gasteiger charge is 2.07. The summed E-state index contributed by atoms with van der Waals surface area (Å²) >= 11 is 0. The summed E-state index contributed by atoms with van der Waals surface area (Å²) in [5.74, 6) is -0.417. The number of carbonyl (C=O) groups excluding carboxylic acids is 1. The summed E-state index contributed by atoms with van der Waals surface area (Å²) in [7, 11) is 1.62. The molecule has 0 aromatic carbocycles. The van der Waals surface area contributed by atoms with E-state index in [4.69, 9.17) is 24.7 Å². The highest BCUT2D eigenvalue weighted by Crippen LogP contribution is 1.85. The van der Waals surface area contributed by atoms with E-state index >= 15 is 0 Å². The molecule has 0 saturated heterocycles. The first kappa shape index (κ1) is 15.3. The van der Waals surface area contributed by atoms with E-state index in [9.17, 15) is 4.79 Å². The van der Waals surface area contributed by atoms with Crippen molar-refractivity contribution in [3.05, 3.63) is 0 Å². The molecule has 6 heteroatoms. The van der Waals surface area contributed by atoms with Crippen molar-refractivity contribution < 1.29 is 23.7 Å². The molecule has 0 aliphatic heterocycles. The van der Waals surface area contributed by atoms with Crippen LogP contribution in [0.4, 0.5) is 0 Å². The lowest BCUT2D eigenvalue weighted by molar-refractivity contribution is -0.146. The van der Waals surface area contributed by atoms with Crippen molar-refractivity contribution in [2.75, 3.05) is 46.8 Å². The number of carbonyl (C=O) groups is 1. The molecule has 0 rings (SSSR count). The molecule has 0 radical (unpaired) electrons. The largest absolute Gasteiger partial charge is 0.462 e. The van der Waals surface area contributed by atoms with Crippen LogP contribution in [0, 0.1) is 0 Å². The predicted octanol–water partition coefficient (Wildman–Crippen LogP) is -0.444. The Morgan fingerprint density at radius 2 is 1.56 bits per heavy atom. The molecule has 0 fully saturated rings. The molecule has 2 N–H and O–H groups in total. The summed E-state index contributed by atoms with van der Waals surface area (Å²) in [4.78, 5) is 10.9. The maximum atomic E-state index is 10.9.